The Kier molecular flexibility index (Phi) is 6.89. The lowest BCUT2D eigenvalue weighted by Gasteiger charge is -2.34. The molecule has 0 spiro atoms. The molecule has 1 aromatic carbocycles. The van der Waals surface area contributed by atoms with Gasteiger partial charge in [-0.3, -0.25) is 4.79 Å². The summed E-state index contributed by atoms with van der Waals surface area (Å²) in [5.74, 6) is 1.16. The summed E-state index contributed by atoms with van der Waals surface area (Å²) >= 11 is 0. The number of hydrogen-bond donors (Lipinski definition) is 2. The Hall–Kier alpha value is -2.83. The van der Waals surface area contributed by atoms with Crippen molar-refractivity contribution >= 4 is 11.9 Å². The third kappa shape index (κ3) is 5.66. The number of oxazole rings is 1. The van der Waals surface area contributed by atoms with Crippen LogP contribution < -0.4 is 10.6 Å². The van der Waals surface area contributed by atoms with E-state index in [-0.39, 0.29) is 24.4 Å². The number of nitrogens with one attached hydrogen (secondary N) is 2. The SMILES string of the molecule is Cc1oc(-c2ccccc2)nc1CC(=O)NC1CCN(C(=O)NC2CCCCC2)CC1. The van der Waals surface area contributed by atoms with E-state index in [1.54, 1.807) is 0 Å². The molecule has 1 aliphatic heterocycles. The summed E-state index contributed by atoms with van der Waals surface area (Å²) < 4.78 is 5.75. The number of aryl methyl sites for hydroxylation is 1. The molecule has 2 fully saturated rings. The van der Waals surface area contributed by atoms with Crippen LogP contribution in [0.3, 0.4) is 0 Å². The number of aromatic nitrogens is 1. The van der Waals surface area contributed by atoms with Crippen LogP contribution in [-0.4, -0.2) is 47.0 Å². The molecule has 7 heteroatoms. The van der Waals surface area contributed by atoms with E-state index in [2.05, 4.69) is 15.6 Å². The second-order valence-electron chi connectivity index (χ2n) is 8.68. The molecule has 0 unspecified atom stereocenters. The molecule has 2 aliphatic rings. The van der Waals surface area contributed by atoms with Crippen LogP contribution >= 0.6 is 0 Å². The zero-order valence-corrected chi connectivity index (χ0v) is 18.2. The fraction of sp³-hybridized carbons (Fsp3) is 0.542. The minimum absolute atomic E-state index is 0.0448. The average Bonchev–Trinajstić information content (AvgIpc) is 3.15. The number of likely N-dealkylation sites (tertiary alicyclic amines) is 1. The Morgan fingerprint density at radius 2 is 1.68 bits per heavy atom. The molecule has 0 bridgehead atoms. The summed E-state index contributed by atoms with van der Waals surface area (Å²) in [4.78, 5) is 31.5. The van der Waals surface area contributed by atoms with Gasteiger partial charge in [-0.05, 0) is 44.7 Å². The fourth-order valence-electron chi connectivity index (χ4n) is 4.47. The molecule has 2 N–H and O–H groups in total. The third-order valence-corrected chi connectivity index (χ3v) is 6.32. The molecule has 0 atom stereocenters. The van der Waals surface area contributed by atoms with Crippen molar-refractivity contribution in [3.8, 4) is 11.5 Å². The van der Waals surface area contributed by atoms with Crippen LogP contribution in [0.25, 0.3) is 11.5 Å². The monoisotopic (exact) mass is 424 g/mol. The number of nitrogens with zero attached hydrogens (tertiary/aromatic N) is 2. The van der Waals surface area contributed by atoms with Crippen molar-refractivity contribution in [1.82, 2.24) is 20.5 Å². The van der Waals surface area contributed by atoms with Crippen molar-refractivity contribution in [3.05, 3.63) is 41.8 Å². The maximum atomic E-state index is 12.6. The molecule has 166 valence electrons. The summed E-state index contributed by atoms with van der Waals surface area (Å²) in [6, 6.07) is 10.1. The molecule has 0 radical (unpaired) electrons. The predicted molar refractivity (Wildman–Crippen MR) is 119 cm³/mol. The number of carbonyl (C=O) groups excluding carboxylic acids is 2. The first-order chi connectivity index (χ1) is 15.1. The summed E-state index contributed by atoms with van der Waals surface area (Å²) in [5, 5.41) is 6.29. The van der Waals surface area contributed by atoms with Crippen LogP contribution in [0.15, 0.2) is 34.7 Å². The molecule has 31 heavy (non-hydrogen) atoms. The van der Waals surface area contributed by atoms with E-state index >= 15 is 0 Å². The van der Waals surface area contributed by atoms with E-state index < -0.39 is 0 Å². The molecule has 1 saturated heterocycles. The Bertz CT molecular complexity index is 881. The summed E-state index contributed by atoms with van der Waals surface area (Å²) in [7, 11) is 0. The Balaban J connectivity index is 1.23. The van der Waals surface area contributed by atoms with Crippen molar-refractivity contribution in [2.24, 2.45) is 0 Å². The maximum absolute atomic E-state index is 12.6. The van der Waals surface area contributed by atoms with Crippen molar-refractivity contribution in [1.29, 1.82) is 0 Å². The van der Waals surface area contributed by atoms with Gasteiger partial charge in [0.25, 0.3) is 0 Å². The number of benzene rings is 1. The Labute approximate surface area is 183 Å². The van der Waals surface area contributed by atoms with Gasteiger partial charge in [0.2, 0.25) is 11.8 Å². The van der Waals surface area contributed by atoms with Crippen molar-refractivity contribution in [2.75, 3.05) is 13.1 Å². The normalized spacial score (nSPS) is 18.0. The number of piperidine rings is 1. The number of carbonyl (C=O) groups is 2. The third-order valence-electron chi connectivity index (χ3n) is 6.32. The molecule has 7 nitrogen and oxygen atoms in total. The van der Waals surface area contributed by atoms with Crippen molar-refractivity contribution < 1.29 is 14.0 Å². The zero-order valence-electron chi connectivity index (χ0n) is 18.2. The summed E-state index contributed by atoms with van der Waals surface area (Å²) in [5.41, 5.74) is 1.57. The molecular weight excluding hydrogens is 392 g/mol. The molecule has 4 rings (SSSR count). The maximum Gasteiger partial charge on any atom is 0.317 e. The van der Waals surface area contributed by atoms with E-state index in [0.29, 0.717) is 36.5 Å². The van der Waals surface area contributed by atoms with Gasteiger partial charge in [0.05, 0.1) is 12.1 Å². The fourth-order valence-corrected chi connectivity index (χ4v) is 4.47. The van der Waals surface area contributed by atoms with E-state index in [1.807, 2.05) is 42.2 Å². The molecule has 3 amide bonds. The highest BCUT2D eigenvalue weighted by Crippen LogP contribution is 2.22. The number of rotatable bonds is 5. The van der Waals surface area contributed by atoms with Crippen LogP contribution in [0.1, 0.15) is 56.4 Å². The predicted octanol–water partition coefficient (Wildman–Crippen LogP) is 3.82. The van der Waals surface area contributed by atoms with Crippen LogP contribution in [0.2, 0.25) is 0 Å². The lowest BCUT2D eigenvalue weighted by molar-refractivity contribution is -0.121. The number of urea groups is 1. The van der Waals surface area contributed by atoms with Gasteiger partial charge in [-0.1, -0.05) is 37.5 Å². The zero-order chi connectivity index (χ0) is 21.6. The highest BCUT2D eigenvalue weighted by molar-refractivity contribution is 5.79. The topological polar surface area (TPSA) is 87.5 Å². The molecule has 2 heterocycles. The lowest BCUT2D eigenvalue weighted by Crippen LogP contribution is -2.51. The van der Waals surface area contributed by atoms with Crippen molar-refractivity contribution in [2.45, 2.75) is 70.4 Å². The molecule has 1 aliphatic carbocycles. The van der Waals surface area contributed by atoms with E-state index in [1.165, 1.54) is 19.3 Å². The molecule has 1 aromatic heterocycles. The van der Waals surface area contributed by atoms with Gasteiger partial charge < -0.3 is 20.0 Å². The van der Waals surface area contributed by atoms with Gasteiger partial charge in [-0.15, -0.1) is 0 Å². The second-order valence-corrected chi connectivity index (χ2v) is 8.68. The Morgan fingerprint density at radius 3 is 2.39 bits per heavy atom. The van der Waals surface area contributed by atoms with Crippen LogP contribution in [0.5, 0.6) is 0 Å². The quantitative estimate of drug-likeness (QED) is 0.764. The van der Waals surface area contributed by atoms with Crippen LogP contribution in [-0.2, 0) is 11.2 Å². The van der Waals surface area contributed by atoms with Gasteiger partial charge in [-0.25, -0.2) is 9.78 Å². The van der Waals surface area contributed by atoms with Crippen LogP contribution in [0, 0.1) is 6.92 Å². The van der Waals surface area contributed by atoms with E-state index in [0.717, 1.165) is 31.2 Å². The first-order valence-electron chi connectivity index (χ1n) is 11.4. The van der Waals surface area contributed by atoms with Gasteiger partial charge in [-0.2, -0.15) is 0 Å². The highest BCUT2D eigenvalue weighted by atomic mass is 16.4. The second kappa shape index (κ2) is 9.98. The Morgan fingerprint density at radius 1 is 1.00 bits per heavy atom. The first-order valence-corrected chi connectivity index (χ1v) is 11.4. The first kappa shape index (κ1) is 21.4. The minimum Gasteiger partial charge on any atom is -0.441 e. The van der Waals surface area contributed by atoms with E-state index in [4.69, 9.17) is 4.42 Å². The average molecular weight is 425 g/mol. The largest absolute Gasteiger partial charge is 0.441 e. The molecular formula is C24H32N4O3. The van der Waals surface area contributed by atoms with Gasteiger partial charge in [0, 0.05) is 30.7 Å². The van der Waals surface area contributed by atoms with Crippen molar-refractivity contribution in [3.63, 3.8) is 0 Å². The standard InChI is InChI=1S/C24H32N4O3/c1-17-21(27-23(31-17)18-8-4-2-5-9-18)16-22(29)25-20-12-14-28(15-13-20)24(30)26-19-10-6-3-7-11-19/h2,4-5,8-9,19-20H,3,6-7,10-16H2,1H3,(H,25,29)(H,26,30). The lowest BCUT2D eigenvalue weighted by atomic mass is 9.95. The minimum atomic E-state index is -0.0545. The highest BCUT2D eigenvalue weighted by Gasteiger charge is 2.26. The van der Waals surface area contributed by atoms with E-state index in [9.17, 15) is 9.59 Å². The van der Waals surface area contributed by atoms with Gasteiger partial charge in [0.1, 0.15) is 5.76 Å². The molecule has 1 saturated carbocycles. The molecule has 2 aromatic rings. The summed E-state index contributed by atoms with van der Waals surface area (Å²) in [6.45, 7) is 3.18. The van der Waals surface area contributed by atoms with Crippen LogP contribution in [0.4, 0.5) is 4.79 Å². The van der Waals surface area contributed by atoms with Gasteiger partial charge >= 0.3 is 6.03 Å². The number of amides is 3. The summed E-state index contributed by atoms with van der Waals surface area (Å²) in [6.07, 6.45) is 7.61. The smallest absolute Gasteiger partial charge is 0.317 e. The van der Waals surface area contributed by atoms with Gasteiger partial charge in [0.15, 0.2) is 0 Å². The number of hydrogen-bond acceptors (Lipinski definition) is 4.